The summed E-state index contributed by atoms with van der Waals surface area (Å²) in [4.78, 5) is 13.0. The van der Waals surface area contributed by atoms with Crippen molar-refractivity contribution >= 4 is 27.5 Å². The average molecular weight is 463 g/mol. The van der Waals surface area contributed by atoms with Crippen molar-refractivity contribution in [3.8, 4) is 0 Å². The molecule has 0 radical (unpaired) electrons. The molecule has 0 spiro atoms. The minimum Gasteiger partial charge on any atom is -0.349 e. The Hall–Kier alpha value is -1.89. The average Bonchev–Trinajstić information content (AvgIpc) is 2.70. The number of hydrogen-bond acceptors (Lipinski definition) is 3. The highest BCUT2D eigenvalue weighted by Gasteiger charge is 2.33. The molecule has 0 aliphatic carbocycles. The van der Waals surface area contributed by atoms with Crippen molar-refractivity contribution in [1.82, 2.24) is 9.62 Å². The SMILES string of the molecule is Cc1cc(C)c([C@@H](C)NC(=O)[C@H]2CCCN(S(=O)(=O)Cc3cccc(Cl)c3)C2)cc1C. The van der Waals surface area contributed by atoms with Crippen LogP contribution in [0.4, 0.5) is 0 Å². The number of hydrogen-bond donors (Lipinski definition) is 1. The zero-order valence-electron chi connectivity index (χ0n) is 18.6. The van der Waals surface area contributed by atoms with Gasteiger partial charge in [-0.3, -0.25) is 4.79 Å². The number of halogens is 1. The van der Waals surface area contributed by atoms with Crippen molar-refractivity contribution in [3.05, 3.63) is 69.2 Å². The van der Waals surface area contributed by atoms with Crippen LogP contribution in [0, 0.1) is 26.7 Å². The Morgan fingerprint density at radius 1 is 1.16 bits per heavy atom. The smallest absolute Gasteiger partial charge is 0.224 e. The molecule has 1 saturated heterocycles. The molecule has 1 fully saturated rings. The number of rotatable bonds is 6. The molecule has 0 aromatic heterocycles. The molecule has 0 saturated carbocycles. The number of benzene rings is 2. The summed E-state index contributed by atoms with van der Waals surface area (Å²) in [6.45, 7) is 8.83. The van der Waals surface area contributed by atoms with Gasteiger partial charge in [0.2, 0.25) is 15.9 Å². The first-order valence-electron chi connectivity index (χ1n) is 10.7. The van der Waals surface area contributed by atoms with Gasteiger partial charge in [-0.25, -0.2) is 12.7 Å². The van der Waals surface area contributed by atoms with Gasteiger partial charge in [0.25, 0.3) is 0 Å². The zero-order chi connectivity index (χ0) is 22.8. The van der Waals surface area contributed by atoms with E-state index in [2.05, 4.69) is 38.2 Å². The van der Waals surface area contributed by atoms with Crippen molar-refractivity contribution < 1.29 is 13.2 Å². The van der Waals surface area contributed by atoms with E-state index in [9.17, 15) is 13.2 Å². The van der Waals surface area contributed by atoms with Gasteiger partial charge in [-0.15, -0.1) is 0 Å². The summed E-state index contributed by atoms with van der Waals surface area (Å²) in [5.74, 6) is -0.551. The minimum absolute atomic E-state index is 0.0900. The largest absolute Gasteiger partial charge is 0.349 e. The second kappa shape index (κ2) is 9.72. The van der Waals surface area contributed by atoms with Crippen molar-refractivity contribution in [2.75, 3.05) is 13.1 Å². The van der Waals surface area contributed by atoms with Gasteiger partial charge in [0, 0.05) is 18.1 Å². The summed E-state index contributed by atoms with van der Waals surface area (Å²) in [5.41, 5.74) is 5.31. The monoisotopic (exact) mass is 462 g/mol. The van der Waals surface area contributed by atoms with E-state index in [-0.39, 0.29) is 30.2 Å². The summed E-state index contributed by atoms with van der Waals surface area (Å²) in [6.07, 6.45) is 1.36. The van der Waals surface area contributed by atoms with Gasteiger partial charge in [0.05, 0.1) is 17.7 Å². The Labute approximate surface area is 190 Å². The molecule has 31 heavy (non-hydrogen) atoms. The number of nitrogens with one attached hydrogen (secondary N) is 1. The molecule has 168 valence electrons. The van der Waals surface area contributed by atoms with Crippen LogP contribution >= 0.6 is 11.6 Å². The number of sulfonamides is 1. The van der Waals surface area contributed by atoms with Crippen molar-refractivity contribution in [3.63, 3.8) is 0 Å². The highest BCUT2D eigenvalue weighted by molar-refractivity contribution is 7.88. The molecule has 3 rings (SSSR count). The summed E-state index contributed by atoms with van der Waals surface area (Å²) >= 11 is 5.99. The highest BCUT2D eigenvalue weighted by Crippen LogP contribution is 2.25. The summed E-state index contributed by atoms with van der Waals surface area (Å²) in [7, 11) is -3.52. The van der Waals surface area contributed by atoms with Gasteiger partial charge in [-0.1, -0.05) is 35.9 Å². The second-order valence-electron chi connectivity index (χ2n) is 8.61. The fourth-order valence-corrected chi connectivity index (χ4v) is 6.01. The van der Waals surface area contributed by atoms with Crippen molar-refractivity contribution in [1.29, 1.82) is 0 Å². The number of amides is 1. The molecule has 5 nitrogen and oxygen atoms in total. The maximum absolute atomic E-state index is 13.0. The van der Waals surface area contributed by atoms with Crippen LogP contribution in [0.2, 0.25) is 5.02 Å². The maximum Gasteiger partial charge on any atom is 0.224 e. The molecule has 0 bridgehead atoms. The molecule has 1 aliphatic rings. The van der Waals surface area contributed by atoms with Crippen LogP contribution < -0.4 is 5.32 Å². The molecule has 1 aliphatic heterocycles. The normalized spacial score (nSPS) is 18.5. The van der Waals surface area contributed by atoms with Crippen LogP contribution in [0.25, 0.3) is 0 Å². The van der Waals surface area contributed by atoms with E-state index in [4.69, 9.17) is 11.6 Å². The van der Waals surface area contributed by atoms with Gasteiger partial charge in [0.1, 0.15) is 0 Å². The zero-order valence-corrected chi connectivity index (χ0v) is 20.2. The lowest BCUT2D eigenvalue weighted by atomic mass is 9.95. The third kappa shape index (κ3) is 5.88. The van der Waals surface area contributed by atoms with Gasteiger partial charge in [0.15, 0.2) is 0 Å². The Bertz CT molecular complexity index is 1070. The molecular weight excluding hydrogens is 432 g/mol. The maximum atomic E-state index is 13.0. The van der Waals surface area contributed by atoms with Gasteiger partial charge in [-0.2, -0.15) is 0 Å². The molecule has 0 unspecified atom stereocenters. The lowest BCUT2D eigenvalue weighted by molar-refractivity contribution is -0.126. The van der Waals surface area contributed by atoms with Crippen molar-refractivity contribution in [2.45, 2.75) is 52.3 Å². The fraction of sp³-hybridized carbons (Fsp3) is 0.458. The Balaban J connectivity index is 1.67. The Morgan fingerprint density at radius 2 is 1.87 bits per heavy atom. The van der Waals surface area contributed by atoms with Crippen LogP contribution in [-0.4, -0.2) is 31.7 Å². The third-order valence-corrected chi connectivity index (χ3v) is 8.15. The van der Waals surface area contributed by atoms with Gasteiger partial charge in [-0.05, 0) is 80.5 Å². The lowest BCUT2D eigenvalue weighted by Crippen LogP contribution is -2.46. The topological polar surface area (TPSA) is 66.5 Å². The summed E-state index contributed by atoms with van der Waals surface area (Å²) in [5, 5.41) is 3.62. The number of carbonyl (C=O) groups excluding carboxylic acids is 1. The number of nitrogens with zero attached hydrogens (tertiary/aromatic N) is 1. The first-order chi connectivity index (χ1) is 14.6. The number of piperidine rings is 1. The van der Waals surface area contributed by atoms with E-state index in [0.29, 0.717) is 30.0 Å². The first kappa shape index (κ1) is 23.8. The van der Waals surface area contributed by atoms with E-state index in [1.54, 1.807) is 24.3 Å². The molecule has 7 heteroatoms. The van der Waals surface area contributed by atoms with E-state index < -0.39 is 10.0 Å². The van der Waals surface area contributed by atoms with Crippen LogP contribution in [0.3, 0.4) is 0 Å². The molecule has 1 N–H and O–H groups in total. The number of aryl methyl sites for hydroxylation is 3. The Morgan fingerprint density at radius 3 is 2.58 bits per heavy atom. The van der Waals surface area contributed by atoms with E-state index in [0.717, 1.165) is 11.1 Å². The van der Waals surface area contributed by atoms with Crippen LogP contribution in [-0.2, 0) is 20.6 Å². The molecule has 2 aromatic rings. The molecule has 1 amide bonds. The predicted octanol–water partition coefficient (Wildman–Crippen LogP) is 4.68. The third-order valence-electron chi connectivity index (χ3n) is 6.09. The second-order valence-corrected chi connectivity index (χ2v) is 11.0. The van der Waals surface area contributed by atoms with E-state index in [1.807, 2.05) is 6.92 Å². The number of carbonyl (C=O) groups is 1. The van der Waals surface area contributed by atoms with Gasteiger partial charge >= 0.3 is 0 Å². The molecule has 1 heterocycles. The summed E-state index contributed by atoms with van der Waals surface area (Å²) in [6, 6.07) is 11.0. The molecular formula is C24H31ClN2O3S. The van der Waals surface area contributed by atoms with Crippen LogP contribution in [0.1, 0.15) is 53.6 Å². The Kier molecular flexibility index (Phi) is 7.45. The molecule has 2 atom stereocenters. The molecule has 2 aromatic carbocycles. The summed E-state index contributed by atoms with van der Waals surface area (Å²) < 4.78 is 27.3. The van der Waals surface area contributed by atoms with Crippen molar-refractivity contribution in [2.24, 2.45) is 5.92 Å². The van der Waals surface area contributed by atoms with Gasteiger partial charge < -0.3 is 5.32 Å². The first-order valence-corrected chi connectivity index (χ1v) is 12.7. The standard InChI is InChI=1S/C24H31ClN2O3S/c1-16-11-18(3)23(12-17(16)2)19(4)26-24(28)21-8-6-10-27(14-21)31(29,30)15-20-7-5-9-22(25)13-20/h5,7,9,11-13,19,21H,6,8,10,14-15H2,1-4H3,(H,26,28)/t19-,21+/m1/s1. The van der Waals surface area contributed by atoms with Crippen LogP contribution in [0.5, 0.6) is 0 Å². The minimum atomic E-state index is -3.52. The lowest BCUT2D eigenvalue weighted by Gasteiger charge is -2.32. The van der Waals surface area contributed by atoms with Crippen LogP contribution in [0.15, 0.2) is 36.4 Å². The van der Waals surface area contributed by atoms with E-state index in [1.165, 1.54) is 15.4 Å². The fourth-order valence-electron chi connectivity index (χ4n) is 4.20. The van der Waals surface area contributed by atoms with E-state index >= 15 is 0 Å². The quantitative estimate of drug-likeness (QED) is 0.677. The predicted molar refractivity (Wildman–Crippen MR) is 126 cm³/mol. The highest BCUT2D eigenvalue weighted by atomic mass is 35.5.